The van der Waals surface area contributed by atoms with E-state index in [4.69, 9.17) is 10.9 Å². The van der Waals surface area contributed by atoms with E-state index >= 15 is 0 Å². The third kappa shape index (κ3) is 1.73. The van der Waals surface area contributed by atoms with Gasteiger partial charge in [-0.3, -0.25) is 5.14 Å². The van der Waals surface area contributed by atoms with E-state index in [0.29, 0.717) is 5.92 Å². The van der Waals surface area contributed by atoms with Crippen molar-refractivity contribution in [2.75, 3.05) is 5.73 Å². The summed E-state index contributed by atoms with van der Waals surface area (Å²) in [6, 6.07) is 5.90. The molecule has 0 amide bonds. The minimum absolute atomic E-state index is 0.472. The fourth-order valence-electron chi connectivity index (χ4n) is 1.16. The number of nitrogens with two attached hydrogens (primary N) is 2. The Balaban J connectivity index is 3.18. The number of benzene rings is 1. The van der Waals surface area contributed by atoms with Gasteiger partial charge in [-0.1, -0.05) is 26.0 Å². The highest BCUT2D eigenvalue weighted by molar-refractivity contribution is 7.97. The molecule has 0 unspecified atom stereocenters. The van der Waals surface area contributed by atoms with Crippen LogP contribution in [-0.4, -0.2) is 0 Å². The van der Waals surface area contributed by atoms with Crippen molar-refractivity contribution in [3.63, 3.8) is 0 Å². The van der Waals surface area contributed by atoms with E-state index in [2.05, 4.69) is 19.9 Å². The van der Waals surface area contributed by atoms with Gasteiger partial charge in [0.25, 0.3) is 0 Å². The number of anilines is 1. The van der Waals surface area contributed by atoms with Gasteiger partial charge in [-0.15, -0.1) is 0 Å². The van der Waals surface area contributed by atoms with Gasteiger partial charge in [0.1, 0.15) is 0 Å². The summed E-state index contributed by atoms with van der Waals surface area (Å²) in [5, 5.41) is 5.53. The van der Waals surface area contributed by atoms with Crippen LogP contribution in [0.5, 0.6) is 0 Å². The average Bonchev–Trinajstić information content (AvgIpc) is 2.03. The predicted octanol–water partition coefficient (Wildman–Crippen LogP) is 2.36. The Labute approximate surface area is 77.5 Å². The van der Waals surface area contributed by atoms with Crippen molar-refractivity contribution in [1.82, 2.24) is 0 Å². The van der Waals surface area contributed by atoms with Crippen molar-refractivity contribution in [1.29, 1.82) is 0 Å². The molecule has 0 aliphatic carbocycles. The molecular formula is C9H14N2S. The molecule has 0 fully saturated rings. The number of rotatable bonds is 2. The molecule has 0 aliphatic heterocycles. The third-order valence-electron chi connectivity index (χ3n) is 1.82. The highest BCUT2D eigenvalue weighted by Crippen LogP contribution is 2.30. The second-order valence-corrected chi connectivity index (χ2v) is 3.68. The molecule has 0 saturated carbocycles. The van der Waals surface area contributed by atoms with Gasteiger partial charge in [-0.05, 0) is 29.5 Å². The molecule has 0 aliphatic rings. The zero-order valence-corrected chi connectivity index (χ0v) is 8.19. The molecule has 0 saturated heterocycles. The maximum Gasteiger partial charge on any atom is 0.0490 e. The zero-order chi connectivity index (χ0) is 9.14. The van der Waals surface area contributed by atoms with Gasteiger partial charge < -0.3 is 5.73 Å². The molecule has 0 aromatic heterocycles. The average molecular weight is 182 g/mol. The van der Waals surface area contributed by atoms with Gasteiger partial charge in [-0.25, -0.2) is 0 Å². The van der Waals surface area contributed by atoms with E-state index in [9.17, 15) is 0 Å². The third-order valence-corrected chi connectivity index (χ3v) is 2.52. The lowest BCUT2D eigenvalue weighted by Gasteiger charge is -2.11. The molecule has 0 bridgehead atoms. The Morgan fingerprint density at radius 1 is 1.33 bits per heavy atom. The number of nitrogen functional groups attached to an aromatic ring is 1. The smallest absolute Gasteiger partial charge is 0.0490 e. The molecule has 1 aromatic carbocycles. The Hall–Kier alpha value is -0.670. The summed E-state index contributed by atoms with van der Waals surface area (Å²) >= 11 is 1.23. The first-order valence-electron chi connectivity index (χ1n) is 3.92. The summed E-state index contributed by atoms with van der Waals surface area (Å²) in [4.78, 5) is 1.01. The first-order chi connectivity index (χ1) is 5.66. The van der Waals surface area contributed by atoms with Crippen LogP contribution in [0.1, 0.15) is 25.3 Å². The quantitative estimate of drug-likeness (QED) is 0.545. The van der Waals surface area contributed by atoms with Crippen molar-refractivity contribution >= 4 is 17.6 Å². The standard InChI is InChI=1S/C9H14N2S/c1-6(2)7-4-3-5-8(10)9(7)12-11/h3-6H,10-11H2,1-2H3. The van der Waals surface area contributed by atoms with Crippen molar-refractivity contribution in [2.24, 2.45) is 5.14 Å². The fraction of sp³-hybridized carbons (Fsp3) is 0.333. The summed E-state index contributed by atoms with van der Waals surface area (Å²) < 4.78 is 0. The van der Waals surface area contributed by atoms with Crippen molar-refractivity contribution in [3.8, 4) is 0 Å². The Morgan fingerprint density at radius 3 is 2.42 bits per heavy atom. The molecule has 12 heavy (non-hydrogen) atoms. The van der Waals surface area contributed by atoms with Gasteiger partial charge in [-0.2, -0.15) is 0 Å². The second-order valence-electron chi connectivity index (χ2n) is 3.04. The molecule has 4 N–H and O–H groups in total. The normalized spacial score (nSPS) is 10.7. The molecule has 0 radical (unpaired) electrons. The fourth-order valence-corrected chi connectivity index (χ4v) is 1.81. The van der Waals surface area contributed by atoms with Crippen molar-refractivity contribution in [3.05, 3.63) is 23.8 Å². The summed E-state index contributed by atoms with van der Waals surface area (Å²) in [5.74, 6) is 0.472. The SMILES string of the molecule is CC(C)c1cccc(N)c1SN. The first-order valence-corrected chi connectivity index (χ1v) is 4.80. The van der Waals surface area contributed by atoms with E-state index in [1.165, 1.54) is 17.5 Å². The molecule has 0 heterocycles. The molecule has 66 valence electrons. The lowest BCUT2D eigenvalue weighted by molar-refractivity contribution is 0.844. The second kappa shape index (κ2) is 3.83. The van der Waals surface area contributed by atoms with Crippen LogP contribution in [0.15, 0.2) is 23.1 Å². The Kier molecular flexibility index (Phi) is 3.00. The summed E-state index contributed by atoms with van der Waals surface area (Å²) in [6.45, 7) is 4.27. The van der Waals surface area contributed by atoms with Crippen LogP contribution < -0.4 is 10.9 Å². The Morgan fingerprint density at radius 2 is 2.00 bits per heavy atom. The molecule has 1 rings (SSSR count). The lowest BCUT2D eigenvalue weighted by atomic mass is 10.0. The van der Waals surface area contributed by atoms with Crippen molar-refractivity contribution in [2.45, 2.75) is 24.7 Å². The van der Waals surface area contributed by atoms with Crippen LogP contribution in [0.25, 0.3) is 0 Å². The number of hydrogen-bond donors (Lipinski definition) is 2. The maximum absolute atomic E-state index is 5.77. The van der Waals surface area contributed by atoms with Gasteiger partial charge in [0.2, 0.25) is 0 Å². The van der Waals surface area contributed by atoms with Crippen LogP contribution in [0, 0.1) is 0 Å². The first kappa shape index (κ1) is 9.42. The highest BCUT2D eigenvalue weighted by Gasteiger charge is 2.07. The molecule has 3 heteroatoms. The minimum atomic E-state index is 0.472. The lowest BCUT2D eigenvalue weighted by Crippen LogP contribution is -1.98. The summed E-state index contributed by atoms with van der Waals surface area (Å²) in [5.41, 5.74) is 7.77. The Bertz CT molecular complexity index is 271. The van der Waals surface area contributed by atoms with Gasteiger partial charge >= 0.3 is 0 Å². The number of hydrogen-bond acceptors (Lipinski definition) is 3. The van der Waals surface area contributed by atoms with E-state index in [0.717, 1.165) is 10.6 Å². The van der Waals surface area contributed by atoms with E-state index in [-0.39, 0.29) is 0 Å². The molecular weight excluding hydrogens is 168 g/mol. The van der Waals surface area contributed by atoms with E-state index in [1.807, 2.05) is 12.1 Å². The molecule has 1 aromatic rings. The summed E-state index contributed by atoms with van der Waals surface area (Å²) in [6.07, 6.45) is 0. The van der Waals surface area contributed by atoms with Crippen LogP contribution in [0.4, 0.5) is 5.69 Å². The summed E-state index contributed by atoms with van der Waals surface area (Å²) in [7, 11) is 0. The van der Waals surface area contributed by atoms with Crippen LogP contribution in [-0.2, 0) is 0 Å². The van der Waals surface area contributed by atoms with Gasteiger partial charge in [0, 0.05) is 10.6 Å². The van der Waals surface area contributed by atoms with Crippen molar-refractivity contribution < 1.29 is 0 Å². The van der Waals surface area contributed by atoms with Crippen LogP contribution in [0.2, 0.25) is 0 Å². The maximum atomic E-state index is 5.77. The highest BCUT2D eigenvalue weighted by atomic mass is 32.2. The molecule has 0 spiro atoms. The van der Waals surface area contributed by atoms with Crippen LogP contribution >= 0.6 is 11.9 Å². The minimum Gasteiger partial charge on any atom is -0.398 e. The van der Waals surface area contributed by atoms with Gasteiger partial charge in [0.15, 0.2) is 0 Å². The zero-order valence-electron chi connectivity index (χ0n) is 7.37. The molecule has 0 atom stereocenters. The largest absolute Gasteiger partial charge is 0.398 e. The van der Waals surface area contributed by atoms with Crippen LogP contribution in [0.3, 0.4) is 0 Å². The van der Waals surface area contributed by atoms with E-state index < -0.39 is 0 Å². The monoisotopic (exact) mass is 182 g/mol. The molecule has 2 nitrogen and oxygen atoms in total. The predicted molar refractivity (Wildman–Crippen MR) is 55.0 cm³/mol. The topological polar surface area (TPSA) is 52.0 Å². The van der Waals surface area contributed by atoms with E-state index in [1.54, 1.807) is 0 Å². The van der Waals surface area contributed by atoms with Gasteiger partial charge in [0.05, 0.1) is 0 Å².